The highest BCUT2D eigenvalue weighted by Crippen LogP contribution is 2.16. The number of likely N-dealkylation sites (N-methyl/N-ethyl adjacent to an activating group) is 1. The standard InChI is InChI=1S/C15H24BrN3/c1-18-9-6-15(7-10-18)19(2)11-8-17-14-5-3-4-13(16)12-14/h3-5,12,15,17H,6-11H2,1-2H3. The molecule has 0 amide bonds. The topological polar surface area (TPSA) is 18.5 Å². The number of piperidine rings is 1. The van der Waals surface area contributed by atoms with Crippen molar-refractivity contribution in [1.82, 2.24) is 9.80 Å². The van der Waals surface area contributed by atoms with Crippen LogP contribution in [0.1, 0.15) is 12.8 Å². The third-order valence-corrected chi connectivity index (χ3v) is 4.42. The zero-order valence-corrected chi connectivity index (χ0v) is 13.5. The summed E-state index contributed by atoms with van der Waals surface area (Å²) in [6.45, 7) is 4.56. The molecule has 0 aliphatic carbocycles. The molecule has 0 saturated carbocycles. The van der Waals surface area contributed by atoms with Gasteiger partial charge in [-0.1, -0.05) is 22.0 Å². The summed E-state index contributed by atoms with van der Waals surface area (Å²) in [6.07, 6.45) is 2.59. The molecule has 0 radical (unpaired) electrons. The minimum atomic E-state index is 0.750. The predicted molar refractivity (Wildman–Crippen MR) is 85.8 cm³/mol. The highest BCUT2D eigenvalue weighted by Gasteiger charge is 2.19. The van der Waals surface area contributed by atoms with Crippen molar-refractivity contribution in [2.75, 3.05) is 45.6 Å². The highest BCUT2D eigenvalue weighted by atomic mass is 79.9. The van der Waals surface area contributed by atoms with E-state index in [0.717, 1.165) is 23.6 Å². The van der Waals surface area contributed by atoms with Crippen LogP contribution in [0, 0.1) is 0 Å². The molecular weight excluding hydrogens is 302 g/mol. The SMILES string of the molecule is CN1CCC(N(C)CCNc2cccc(Br)c2)CC1. The molecule has 0 unspecified atom stereocenters. The quantitative estimate of drug-likeness (QED) is 0.898. The van der Waals surface area contributed by atoms with Crippen molar-refractivity contribution in [1.29, 1.82) is 0 Å². The van der Waals surface area contributed by atoms with Crippen LogP contribution in [0.5, 0.6) is 0 Å². The minimum Gasteiger partial charge on any atom is -0.384 e. The average Bonchev–Trinajstić information content (AvgIpc) is 2.39. The molecule has 1 heterocycles. The molecule has 0 aromatic heterocycles. The Labute approximate surface area is 125 Å². The van der Waals surface area contributed by atoms with Gasteiger partial charge in [0, 0.05) is 29.3 Å². The molecule has 0 bridgehead atoms. The smallest absolute Gasteiger partial charge is 0.0351 e. The van der Waals surface area contributed by atoms with Crippen LogP contribution < -0.4 is 5.32 Å². The molecule has 0 spiro atoms. The minimum absolute atomic E-state index is 0.750. The number of hydrogen-bond acceptors (Lipinski definition) is 3. The molecule has 2 rings (SSSR count). The Hall–Kier alpha value is -0.580. The van der Waals surface area contributed by atoms with Crippen molar-refractivity contribution in [3.63, 3.8) is 0 Å². The fourth-order valence-electron chi connectivity index (χ4n) is 2.59. The van der Waals surface area contributed by atoms with Crippen molar-refractivity contribution in [2.45, 2.75) is 18.9 Å². The van der Waals surface area contributed by atoms with Crippen molar-refractivity contribution in [3.8, 4) is 0 Å². The summed E-state index contributed by atoms with van der Waals surface area (Å²) in [5.74, 6) is 0. The van der Waals surface area contributed by atoms with E-state index in [-0.39, 0.29) is 0 Å². The monoisotopic (exact) mass is 325 g/mol. The normalized spacial score (nSPS) is 17.9. The Morgan fingerprint density at radius 1 is 1.37 bits per heavy atom. The van der Waals surface area contributed by atoms with Crippen LogP contribution >= 0.6 is 15.9 Å². The maximum atomic E-state index is 3.50. The van der Waals surface area contributed by atoms with E-state index in [0.29, 0.717) is 0 Å². The van der Waals surface area contributed by atoms with Crippen LogP contribution in [0.3, 0.4) is 0 Å². The van der Waals surface area contributed by atoms with Crippen LogP contribution in [-0.2, 0) is 0 Å². The van der Waals surface area contributed by atoms with Gasteiger partial charge < -0.3 is 15.1 Å². The predicted octanol–water partition coefficient (Wildman–Crippen LogP) is 2.89. The number of nitrogens with one attached hydrogen (secondary N) is 1. The molecule has 1 aliphatic heterocycles. The van der Waals surface area contributed by atoms with Gasteiger partial charge in [-0.05, 0) is 58.2 Å². The van der Waals surface area contributed by atoms with Gasteiger partial charge in [0.25, 0.3) is 0 Å². The van der Waals surface area contributed by atoms with Crippen molar-refractivity contribution >= 4 is 21.6 Å². The zero-order chi connectivity index (χ0) is 13.7. The number of nitrogens with zero attached hydrogens (tertiary/aromatic N) is 2. The Bertz CT molecular complexity index is 389. The largest absolute Gasteiger partial charge is 0.384 e. The van der Waals surface area contributed by atoms with Crippen LogP contribution in [0.4, 0.5) is 5.69 Å². The lowest BCUT2D eigenvalue weighted by Gasteiger charge is -2.35. The maximum absolute atomic E-state index is 3.50. The van der Waals surface area contributed by atoms with Gasteiger partial charge in [-0.15, -0.1) is 0 Å². The second-order valence-corrected chi connectivity index (χ2v) is 6.37. The summed E-state index contributed by atoms with van der Waals surface area (Å²) in [5, 5.41) is 3.48. The fraction of sp³-hybridized carbons (Fsp3) is 0.600. The van der Waals surface area contributed by atoms with Gasteiger partial charge >= 0.3 is 0 Å². The second-order valence-electron chi connectivity index (χ2n) is 5.45. The second kappa shape index (κ2) is 7.27. The van der Waals surface area contributed by atoms with Crippen LogP contribution in [0.2, 0.25) is 0 Å². The molecule has 4 heteroatoms. The summed E-state index contributed by atoms with van der Waals surface area (Å²) < 4.78 is 1.13. The number of benzene rings is 1. The molecule has 3 nitrogen and oxygen atoms in total. The maximum Gasteiger partial charge on any atom is 0.0351 e. The number of anilines is 1. The Morgan fingerprint density at radius 3 is 2.79 bits per heavy atom. The van der Waals surface area contributed by atoms with E-state index in [9.17, 15) is 0 Å². The van der Waals surface area contributed by atoms with Gasteiger partial charge in [-0.25, -0.2) is 0 Å². The summed E-state index contributed by atoms with van der Waals surface area (Å²) in [6, 6.07) is 9.10. The zero-order valence-electron chi connectivity index (χ0n) is 11.9. The first-order valence-electron chi connectivity index (χ1n) is 7.03. The summed E-state index contributed by atoms with van der Waals surface area (Å²) in [4.78, 5) is 4.92. The molecule has 1 aliphatic rings. The summed E-state index contributed by atoms with van der Waals surface area (Å²) in [5.41, 5.74) is 1.19. The average molecular weight is 326 g/mol. The number of halogens is 1. The molecule has 1 N–H and O–H groups in total. The highest BCUT2D eigenvalue weighted by molar-refractivity contribution is 9.10. The number of rotatable bonds is 5. The Balaban J connectivity index is 1.70. The molecule has 1 aromatic rings. The van der Waals surface area contributed by atoms with Gasteiger partial charge in [0.05, 0.1) is 0 Å². The van der Waals surface area contributed by atoms with E-state index in [1.54, 1.807) is 0 Å². The van der Waals surface area contributed by atoms with Gasteiger partial charge in [0.15, 0.2) is 0 Å². The Kier molecular flexibility index (Phi) is 5.67. The summed E-state index contributed by atoms with van der Waals surface area (Å²) >= 11 is 3.50. The first-order chi connectivity index (χ1) is 9.15. The van der Waals surface area contributed by atoms with Gasteiger partial charge in [0.1, 0.15) is 0 Å². The van der Waals surface area contributed by atoms with E-state index >= 15 is 0 Å². The lowest BCUT2D eigenvalue weighted by Crippen LogP contribution is -2.43. The molecular formula is C15H24BrN3. The molecule has 1 fully saturated rings. The van der Waals surface area contributed by atoms with Gasteiger partial charge in [-0.2, -0.15) is 0 Å². The van der Waals surface area contributed by atoms with Crippen LogP contribution in [0.15, 0.2) is 28.7 Å². The van der Waals surface area contributed by atoms with E-state index in [2.05, 4.69) is 69.4 Å². The van der Waals surface area contributed by atoms with E-state index < -0.39 is 0 Å². The molecule has 1 saturated heterocycles. The fourth-order valence-corrected chi connectivity index (χ4v) is 2.99. The number of likely N-dealkylation sites (tertiary alicyclic amines) is 1. The van der Waals surface area contributed by atoms with Crippen LogP contribution in [-0.4, -0.2) is 56.1 Å². The third-order valence-electron chi connectivity index (χ3n) is 3.93. The van der Waals surface area contributed by atoms with Crippen molar-refractivity contribution in [3.05, 3.63) is 28.7 Å². The lowest BCUT2D eigenvalue weighted by atomic mass is 10.0. The van der Waals surface area contributed by atoms with Gasteiger partial charge in [0.2, 0.25) is 0 Å². The first-order valence-corrected chi connectivity index (χ1v) is 7.82. The molecule has 19 heavy (non-hydrogen) atoms. The molecule has 1 aromatic carbocycles. The molecule has 0 atom stereocenters. The van der Waals surface area contributed by atoms with Gasteiger partial charge in [-0.3, -0.25) is 0 Å². The van der Waals surface area contributed by atoms with E-state index in [4.69, 9.17) is 0 Å². The third kappa shape index (κ3) is 4.79. The van der Waals surface area contributed by atoms with Crippen molar-refractivity contribution < 1.29 is 0 Å². The van der Waals surface area contributed by atoms with Crippen LogP contribution in [0.25, 0.3) is 0 Å². The van der Waals surface area contributed by atoms with E-state index in [1.165, 1.54) is 31.6 Å². The lowest BCUT2D eigenvalue weighted by molar-refractivity contribution is 0.148. The first kappa shape index (κ1) is 14.8. The van der Waals surface area contributed by atoms with Crippen molar-refractivity contribution in [2.24, 2.45) is 0 Å². The van der Waals surface area contributed by atoms with E-state index in [1.807, 2.05) is 0 Å². The Morgan fingerprint density at radius 2 is 2.11 bits per heavy atom. The number of hydrogen-bond donors (Lipinski definition) is 1. The molecule has 106 valence electrons. The summed E-state index contributed by atoms with van der Waals surface area (Å²) in [7, 11) is 4.46.